The summed E-state index contributed by atoms with van der Waals surface area (Å²) < 4.78 is 5.35. The van der Waals surface area contributed by atoms with E-state index in [1.165, 1.54) is 0 Å². The summed E-state index contributed by atoms with van der Waals surface area (Å²) in [4.78, 5) is 11.4. The highest BCUT2D eigenvalue weighted by Crippen LogP contribution is 2.37. The lowest BCUT2D eigenvalue weighted by molar-refractivity contribution is -0.134. The van der Waals surface area contributed by atoms with Crippen molar-refractivity contribution in [2.45, 2.75) is 37.7 Å². The van der Waals surface area contributed by atoms with E-state index in [-0.39, 0.29) is 11.5 Å². The van der Waals surface area contributed by atoms with Crippen LogP contribution in [-0.4, -0.2) is 25.2 Å². The molecule has 1 aliphatic carbocycles. The van der Waals surface area contributed by atoms with Crippen LogP contribution in [0.3, 0.4) is 0 Å². The Bertz CT molecular complexity index is 233. The molecule has 14 heavy (non-hydrogen) atoms. The number of ether oxygens (including phenoxy) is 1. The van der Waals surface area contributed by atoms with E-state index < -0.39 is 0 Å². The van der Waals surface area contributed by atoms with Crippen LogP contribution in [0.4, 0.5) is 0 Å². The van der Waals surface area contributed by atoms with Crippen molar-refractivity contribution in [1.82, 2.24) is 5.32 Å². The van der Waals surface area contributed by atoms with E-state index in [0.29, 0.717) is 19.4 Å². The first-order valence-corrected chi connectivity index (χ1v) is 4.98. The van der Waals surface area contributed by atoms with Gasteiger partial charge < -0.3 is 10.1 Å². The Hall–Kier alpha value is -1.01. The third-order valence-corrected chi connectivity index (χ3v) is 2.77. The molecule has 0 aromatic heterocycles. The van der Waals surface area contributed by atoms with Gasteiger partial charge in [-0.05, 0) is 19.3 Å². The highest BCUT2D eigenvalue weighted by molar-refractivity contribution is 5.77. The van der Waals surface area contributed by atoms with Crippen LogP contribution in [0.2, 0.25) is 0 Å². The standard InChI is InChI=1S/C11H17NO2/c1-3-4-8-12-10(13)9-11(14-2)6-5-7-11/h1H,4-9H2,2H3,(H,12,13). The lowest BCUT2D eigenvalue weighted by Gasteiger charge is -2.39. The van der Waals surface area contributed by atoms with E-state index in [0.717, 1.165) is 19.3 Å². The number of hydrogen-bond donors (Lipinski definition) is 1. The molecule has 1 amide bonds. The molecule has 0 heterocycles. The second-order valence-electron chi connectivity index (χ2n) is 3.72. The molecule has 1 aliphatic rings. The fourth-order valence-corrected chi connectivity index (χ4v) is 1.65. The van der Waals surface area contributed by atoms with Crippen molar-refractivity contribution in [1.29, 1.82) is 0 Å². The van der Waals surface area contributed by atoms with Gasteiger partial charge in [0, 0.05) is 20.1 Å². The van der Waals surface area contributed by atoms with E-state index in [2.05, 4.69) is 11.2 Å². The second kappa shape index (κ2) is 5.02. The van der Waals surface area contributed by atoms with Crippen LogP contribution < -0.4 is 5.32 Å². The van der Waals surface area contributed by atoms with Crippen LogP contribution in [0.1, 0.15) is 32.1 Å². The maximum Gasteiger partial charge on any atom is 0.222 e. The molecular formula is C11H17NO2. The van der Waals surface area contributed by atoms with Crippen LogP contribution in [0.25, 0.3) is 0 Å². The monoisotopic (exact) mass is 195 g/mol. The summed E-state index contributed by atoms with van der Waals surface area (Å²) in [6, 6.07) is 0. The van der Waals surface area contributed by atoms with Gasteiger partial charge in [-0.3, -0.25) is 4.79 Å². The molecule has 0 aliphatic heterocycles. The number of carbonyl (C=O) groups is 1. The summed E-state index contributed by atoms with van der Waals surface area (Å²) in [5.74, 6) is 2.53. The molecule has 1 rings (SSSR count). The van der Waals surface area contributed by atoms with Crippen molar-refractivity contribution in [2.24, 2.45) is 0 Å². The van der Waals surface area contributed by atoms with Gasteiger partial charge >= 0.3 is 0 Å². The van der Waals surface area contributed by atoms with Gasteiger partial charge in [-0.1, -0.05) is 0 Å². The van der Waals surface area contributed by atoms with E-state index in [9.17, 15) is 4.79 Å². The Morgan fingerprint density at radius 3 is 2.79 bits per heavy atom. The fraction of sp³-hybridized carbons (Fsp3) is 0.727. The van der Waals surface area contributed by atoms with Crippen molar-refractivity contribution < 1.29 is 9.53 Å². The summed E-state index contributed by atoms with van der Waals surface area (Å²) >= 11 is 0. The van der Waals surface area contributed by atoms with Gasteiger partial charge in [0.2, 0.25) is 5.91 Å². The van der Waals surface area contributed by atoms with Crippen molar-refractivity contribution in [3.8, 4) is 12.3 Å². The third kappa shape index (κ3) is 2.74. The molecule has 1 N–H and O–H groups in total. The highest BCUT2D eigenvalue weighted by Gasteiger charge is 2.38. The lowest BCUT2D eigenvalue weighted by Crippen LogP contribution is -2.44. The second-order valence-corrected chi connectivity index (χ2v) is 3.72. The number of rotatable bonds is 5. The van der Waals surface area contributed by atoms with Gasteiger partial charge in [-0.2, -0.15) is 0 Å². The first-order chi connectivity index (χ1) is 6.72. The summed E-state index contributed by atoms with van der Waals surface area (Å²) in [6.45, 7) is 0.565. The number of amides is 1. The summed E-state index contributed by atoms with van der Waals surface area (Å²) in [6.07, 6.45) is 9.28. The van der Waals surface area contributed by atoms with Crippen LogP contribution in [0, 0.1) is 12.3 Å². The normalized spacial score (nSPS) is 18.0. The Balaban J connectivity index is 2.22. The number of nitrogens with one attached hydrogen (secondary N) is 1. The fourth-order valence-electron chi connectivity index (χ4n) is 1.65. The Labute approximate surface area is 85.2 Å². The molecule has 1 fully saturated rings. The minimum Gasteiger partial charge on any atom is -0.378 e. The van der Waals surface area contributed by atoms with Crippen molar-refractivity contribution in [3.05, 3.63) is 0 Å². The zero-order valence-electron chi connectivity index (χ0n) is 8.64. The Kier molecular flexibility index (Phi) is 3.97. The molecule has 0 aromatic carbocycles. The van der Waals surface area contributed by atoms with Crippen LogP contribution >= 0.6 is 0 Å². The van der Waals surface area contributed by atoms with E-state index >= 15 is 0 Å². The quantitative estimate of drug-likeness (QED) is 0.526. The molecule has 0 bridgehead atoms. The molecule has 0 unspecified atom stereocenters. The van der Waals surface area contributed by atoms with E-state index in [1.807, 2.05) is 0 Å². The topological polar surface area (TPSA) is 38.3 Å². The van der Waals surface area contributed by atoms with Crippen LogP contribution in [-0.2, 0) is 9.53 Å². The van der Waals surface area contributed by atoms with Crippen LogP contribution in [0.5, 0.6) is 0 Å². The smallest absolute Gasteiger partial charge is 0.222 e. The molecule has 0 saturated heterocycles. The van der Waals surface area contributed by atoms with Gasteiger partial charge in [0.05, 0.1) is 12.0 Å². The average Bonchev–Trinajstić information content (AvgIpc) is 2.12. The van der Waals surface area contributed by atoms with Gasteiger partial charge in [0.1, 0.15) is 0 Å². The average molecular weight is 195 g/mol. The maximum atomic E-state index is 11.4. The Morgan fingerprint density at radius 2 is 2.36 bits per heavy atom. The minimum absolute atomic E-state index is 0.0433. The predicted octanol–water partition coefficient (Wildman–Crippen LogP) is 1.09. The van der Waals surface area contributed by atoms with Gasteiger partial charge in [0.25, 0.3) is 0 Å². The van der Waals surface area contributed by atoms with Crippen molar-refractivity contribution >= 4 is 5.91 Å². The molecule has 78 valence electrons. The van der Waals surface area contributed by atoms with Crippen molar-refractivity contribution in [3.63, 3.8) is 0 Å². The summed E-state index contributed by atoms with van der Waals surface area (Å²) in [5.41, 5.74) is -0.180. The highest BCUT2D eigenvalue weighted by atomic mass is 16.5. The largest absolute Gasteiger partial charge is 0.378 e. The van der Waals surface area contributed by atoms with Gasteiger partial charge in [-0.15, -0.1) is 12.3 Å². The molecule has 1 saturated carbocycles. The molecule has 0 spiro atoms. The number of terminal acetylenes is 1. The third-order valence-electron chi connectivity index (χ3n) is 2.77. The summed E-state index contributed by atoms with van der Waals surface area (Å²) in [7, 11) is 1.67. The predicted molar refractivity (Wildman–Crippen MR) is 54.7 cm³/mol. The lowest BCUT2D eigenvalue weighted by atomic mass is 9.77. The first-order valence-electron chi connectivity index (χ1n) is 4.98. The van der Waals surface area contributed by atoms with Gasteiger partial charge in [0.15, 0.2) is 0 Å². The molecule has 0 aromatic rings. The molecular weight excluding hydrogens is 178 g/mol. The van der Waals surface area contributed by atoms with E-state index in [1.54, 1.807) is 7.11 Å². The van der Waals surface area contributed by atoms with Gasteiger partial charge in [-0.25, -0.2) is 0 Å². The van der Waals surface area contributed by atoms with E-state index in [4.69, 9.17) is 11.2 Å². The molecule has 3 heteroatoms. The summed E-state index contributed by atoms with van der Waals surface area (Å²) in [5, 5.41) is 2.78. The number of methoxy groups -OCH3 is 1. The zero-order chi connectivity index (χ0) is 10.4. The van der Waals surface area contributed by atoms with Crippen LogP contribution in [0.15, 0.2) is 0 Å². The number of hydrogen-bond acceptors (Lipinski definition) is 2. The molecule has 3 nitrogen and oxygen atoms in total. The first kappa shape index (κ1) is 11.1. The number of carbonyl (C=O) groups excluding carboxylic acids is 1. The van der Waals surface area contributed by atoms with Crippen molar-refractivity contribution in [2.75, 3.05) is 13.7 Å². The Morgan fingerprint density at radius 1 is 1.64 bits per heavy atom. The zero-order valence-corrected chi connectivity index (χ0v) is 8.64. The maximum absolute atomic E-state index is 11.4. The molecule has 0 radical (unpaired) electrons. The SMILES string of the molecule is C#CCCNC(=O)CC1(OC)CCC1. The minimum atomic E-state index is -0.180. The molecule has 0 atom stereocenters.